The van der Waals surface area contributed by atoms with Crippen molar-refractivity contribution in [2.75, 3.05) is 18.1 Å². The lowest BCUT2D eigenvalue weighted by Gasteiger charge is -2.42. The molecule has 2 rings (SSSR count). The van der Waals surface area contributed by atoms with Crippen LogP contribution >= 0.6 is 11.8 Å². The van der Waals surface area contributed by atoms with Crippen LogP contribution in [0.25, 0.3) is 0 Å². The van der Waals surface area contributed by atoms with Crippen LogP contribution in [0.4, 0.5) is 0 Å². The molecule has 6 heteroatoms. The highest BCUT2D eigenvalue weighted by atomic mass is 32.2. The van der Waals surface area contributed by atoms with Crippen molar-refractivity contribution in [3.8, 4) is 0 Å². The fourth-order valence-electron chi connectivity index (χ4n) is 2.36. The number of hydrogen-bond acceptors (Lipinski definition) is 4. The van der Waals surface area contributed by atoms with Gasteiger partial charge >= 0.3 is 0 Å². The van der Waals surface area contributed by atoms with Crippen LogP contribution < -0.4 is 5.14 Å². The van der Waals surface area contributed by atoms with Gasteiger partial charge in [0.25, 0.3) is 0 Å². The Morgan fingerprint density at radius 1 is 1.33 bits per heavy atom. The summed E-state index contributed by atoms with van der Waals surface area (Å²) >= 11 is 1.91. The monoisotopic (exact) mass is 251 g/mol. The van der Waals surface area contributed by atoms with E-state index in [0.717, 1.165) is 24.3 Å². The van der Waals surface area contributed by atoms with E-state index in [1.807, 2.05) is 11.8 Å². The van der Waals surface area contributed by atoms with Crippen LogP contribution in [0.2, 0.25) is 0 Å². The van der Waals surface area contributed by atoms with Crippen LogP contribution in [-0.2, 0) is 14.8 Å². The molecule has 0 saturated carbocycles. The molecule has 2 heterocycles. The van der Waals surface area contributed by atoms with E-state index >= 15 is 0 Å². The van der Waals surface area contributed by atoms with Crippen LogP contribution in [0, 0.1) is 0 Å². The normalized spacial score (nSPS) is 31.7. The molecule has 0 amide bonds. The molecular formula is C9H17NO3S2. The number of sulfonamides is 1. The molecule has 2 aliphatic heterocycles. The highest BCUT2D eigenvalue weighted by Crippen LogP contribution is 2.38. The van der Waals surface area contributed by atoms with Gasteiger partial charge in [0.1, 0.15) is 0 Å². The Morgan fingerprint density at radius 3 is 2.60 bits per heavy atom. The van der Waals surface area contributed by atoms with E-state index < -0.39 is 15.3 Å². The molecule has 0 aromatic carbocycles. The summed E-state index contributed by atoms with van der Waals surface area (Å²) in [5.74, 6) is 2.13. The molecule has 1 atom stereocenters. The number of ether oxygens (including phenoxy) is 1. The first-order valence-electron chi connectivity index (χ1n) is 5.25. The second-order valence-corrected chi connectivity index (χ2v) is 7.42. The van der Waals surface area contributed by atoms with Crippen LogP contribution in [0.5, 0.6) is 0 Å². The van der Waals surface area contributed by atoms with Gasteiger partial charge in [0.05, 0.1) is 10.9 Å². The number of thioether (sulfide) groups is 1. The molecule has 2 fully saturated rings. The first-order chi connectivity index (χ1) is 7.02. The summed E-state index contributed by atoms with van der Waals surface area (Å²) in [5, 5.41) is 4.82. The lowest BCUT2D eigenvalue weighted by molar-refractivity contribution is -0.0813. The van der Waals surface area contributed by atoms with E-state index in [-0.39, 0.29) is 5.60 Å². The van der Waals surface area contributed by atoms with Crippen molar-refractivity contribution < 1.29 is 13.2 Å². The highest BCUT2D eigenvalue weighted by molar-refractivity contribution is 7.99. The molecule has 0 aliphatic carbocycles. The minimum Gasteiger partial charge on any atom is -0.375 e. The first kappa shape index (κ1) is 11.7. The lowest BCUT2D eigenvalue weighted by atomic mass is 9.88. The Hall–Kier alpha value is 0.220. The zero-order chi connectivity index (χ0) is 10.9. The molecule has 0 aromatic rings. The van der Waals surface area contributed by atoms with Gasteiger partial charge in [-0.25, -0.2) is 13.6 Å². The summed E-state index contributed by atoms with van der Waals surface area (Å²) in [4.78, 5) is 0. The fraction of sp³-hybridized carbons (Fsp3) is 1.00. The van der Waals surface area contributed by atoms with Crippen LogP contribution in [-0.4, -0.2) is 37.4 Å². The van der Waals surface area contributed by atoms with Gasteiger partial charge in [0, 0.05) is 6.61 Å². The van der Waals surface area contributed by atoms with Gasteiger partial charge in [0.15, 0.2) is 0 Å². The fourth-order valence-corrected chi connectivity index (χ4v) is 4.55. The van der Waals surface area contributed by atoms with Gasteiger partial charge < -0.3 is 4.74 Å². The summed E-state index contributed by atoms with van der Waals surface area (Å²) < 4.78 is 28.5. The molecule has 4 nitrogen and oxygen atoms in total. The molecule has 0 aromatic heterocycles. The maximum atomic E-state index is 11.3. The zero-order valence-electron chi connectivity index (χ0n) is 8.65. The minimum absolute atomic E-state index is 0.194. The first-order valence-corrected chi connectivity index (χ1v) is 8.02. The summed E-state index contributed by atoms with van der Waals surface area (Å²) in [6.07, 6.45) is 3.06. The van der Waals surface area contributed by atoms with E-state index in [0.29, 0.717) is 19.4 Å². The van der Waals surface area contributed by atoms with Crippen molar-refractivity contribution in [1.82, 2.24) is 0 Å². The van der Waals surface area contributed by atoms with Gasteiger partial charge in [-0.2, -0.15) is 11.8 Å². The van der Waals surface area contributed by atoms with E-state index in [1.54, 1.807) is 0 Å². The topological polar surface area (TPSA) is 69.4 Å². The molecular weight excluding hydrogens is 234 g/mol. The third kappa shape index (κ3) is 2.67. The van der Waals surface area contributed by atoms with Crippen molar-refractivity contribution >= 4 is 21.8 Å². The van der Waals surface area contributed by atoms with Crippen LogP contribution in [0.1, 0.15) is 25.7 Å². The third-order valence-corrected chi connectivity index (χ3v) is 5.63. The standard InChI is InChI=1S/C9H17NO3S2/c10-15(11,12)8-1-4-13-9(7-8)2-5-14-6-3-9/h8H,1-7H2,(H2,10,11,12). The summed E-state index contributed by atoms with van der Waals surface area (Å²) in [6.45, 7) is 0.533. The second-order valence-electron chi connectivity index (χ2n) is 4.35. The van der Waals surface area contributed by atoms with E-state index in [1.165, 1.54) is 0 Å². The molecule has 2 N–H and O–H groups in total. The van der Waals surface area contributed by atoms with E-state index in [9.17, 15) is 8.42 Å². The van der Waals surface area contributed by atoms with E-state index in [4.69, 9.17) is 9.88 Å². The molecule has 88 valence electrons. The van der Waals surface area contributed by atoms with Crippen molar-refractivity contribution in [2.24, 2.45) is 5.14 Å². The molecule has 15 heavy (non-hydrogen) atoms. The molecule has 0 radical (unpaired) electrons. The smallest absolute Gasteiger partial charge is 0.212 e. The maximum Gasteiger partial charge on any atom is 0.212 e. The second kappa shape index (κ2) is 4.24. The van der Waals surface area contributed by atoms with Crippen molar-refractivity contribution in [2.45, 2.75) is 36.5 Å². The summed E-state index contributed by atoms with van der Waals surface area (Å²) in [6, 6.07) is 0. The largest absolute Gasteiger partial charge is 0.375 e. The Labute approximate surface area is 95.0 Å². The van der Waals surface area contributed by atoms with Crippen molar-refractivity contribution in [3.05, 3.63) is 0 Å². The number of primary sulfonamides is 1. The van der Waals surface area contributed by atoms with Gasteiger partial charge in [-0.3, -0.25) is 0 Å². The maximum absolute atomic E-state index is 11.3. The van der Waals surface area contributed by atoms with E-state index in [2.05, 4.69) is 0 Å². The number of hydrogen-bond donors (Lipinski definition) is 1. The quantitative estimate of drug-likeness (QED) is 0.745. The molecule has 2 aliphatic rings. The van der Waals surface area contributed by atoms with Crippen molar-refractivity contribution in [3.63, 3.8) is 0 Å². The zero-order valence-corrected chi connectivity index (χ0v) is 10.3. The molecule has 1 spiro atoms. The van der Waals surface area contributed by atoms with Gasteiger partial charge in [-0.15, -0.1) is 0 Å². The molecule has 0 bridgehead atoms. The number of rotatable bonds is 1. The SMILES string of the molecule is NS(=O)(=O)C1CCOC2(CCSCC2)C1. The Morgan fingerprint density at radius 2 is 2.00 bits per heavy atom. The van der Waals surface area contributed by atoms with Gasteiger partial charge in [0.2, 0.25) is 10.0 Å². The predicted molar refractivity (Wildman–Crippen MR) is 61.4 cm³/mol. The predicted octanol–water partition coefficient (Wildman–Crippen LogP) is 0.720. The Kier molecular flexibility index (Phi) is 3.30. The molecule has 2 saturated heterocycles. The van der Waals surface area contributed by atoms with Crippen LogP contribution in [0.15, 0.2) is 0 Å². The Bertz CT molecular complexity index is 317. The van der Waals surface area contributed by atoms with Crippen molar-refractivity contribution in [1.29, 1.82) is 0 Å². The van der Waals surface area contributed by atoms with Gasteiger partial charge in [-0.05, 0) is 37.2 Å². The minimum atomic E-state index is -3.39. The third-order valence-electron chi connectivity index (χ3n) is 3.32. The average molecular weight is 251 g/mol. The van der Waals surface area contributed by atoms with Gasteiger partial charge in [-0.1, -0.05) is 0 Å². The van der Waals surface area contributed by atoms with Crippen LogP contribution in [0.3, 0.4) is 0 Å². The molecule has 1 unspecified atom stereocenters. The summed E-state index contributed by atoms with van der Waals surface area (Å²) in [7, 11) is -3.39. The Balaban J connectivity index is 2.09. The highest BCUT2D eigenvalue weighted by Gasteiger charge is 2.41. The number of nitrogens with two attached hydrogens (primary N) is 1. The summed E-state index contributed by atoms with van der Waals surface area (Å²) in [5.41, 5.74) is -0.194. The lowest BCUT2D eigenvalue weighted by Crippen LogP contribution is -2.48. The average Bonchev–Trinajstić information content (AvgIpc) is 2.18.